The van der Waals surface area contributed by atoms with Crippen molar-refractivity contribution in [3.8, 4) is 11.5 Å². The maximum atomic E-state index is 12.5. The molecular weight excluding hydrogens is 342 g/mol. The van der Waals surface area contributed by atoms with Gasteiger partial charge in [0.1, 0.15) is 17.1 Å². The number of amides is 1. The number of carbonyl (C=O) groups excluding carboxylic acids is 2. The van der Waals surface area contributed by atoms with Gasteiger partial charge in [-0.05, 0) is 49.6 Å². The number of carbonyl (C=O) groups is 2. The first kappa shape index (κ1) is 17.6. The number of hydrogen-bond donors (Lipinski definition) is 0. The van der Waals surface area contributed by atoms with Gasteiger partial charge in [0, 0.05) is 13.1 Å². The molecule has 0 aromatic heterocycles. The minimum absolute atomic E-state index is 0.0330. The second-order valence-electron chi connectivity index (χ2n) is 7.74. The Morgan fingerprint density at radius 3 is 2.78 bits per heavy atom. The Labute approximate surface area is 158 Å². The smallest absolute Gasteiger partial charge is 0.260 e. The van der Waals surface area contributed by atoms with Crippen molar-refractivity contribution < 1.29 is 19.1 Å². The molecule has 27 heavy (non-hydrogen) atoms. The molecule has 2 aliphatic rings. The van der Waals surface area contributed by atoms with E-state index >= 15 is 0 Å². The van der Waals surface area contributed by atoms with Gasteiger partial charge in [0.25, 0.3) is 5.91 Å². The standard InChI is InChI=1S/C22H23NO4/c1-22(2)12-19(24)18-11-17(7-8-20(18)27-22)26-14-21(25)23-10-9-15-5-3-4-6-16(15)13-23/h3-8,11H,9-10,12-14H2,1-2H3. The van der Waals surface area contributed by atoms with Crippen LogP contribution in [-0.4, -0.2) is 35.3 Å². The summed E-state index contributed by atoms with van der Waals surface area (Å²) in [4.78, 5) is 26.7. The van der Waals surface area contributed by atoms with E-state index in [9.17, 15) is 9.59 Å². The Balaban J connectivity index is 1.40. The Kier molecular flexibility index (Phi) is 4.38. The Bertz CT molecular complexity index is 903. The van der Waals surface area contributed by atoms with Crippen molar-refractivity contribution in [1.29, 1.82) is 0 Å². The molecule has 0 radical (unpaired) electrons. The van der Waals surface area contributed by atoms with Crippen LogP contribution >= 0.6 is 0 Å². The van der Waals surface area contributed by atoms with Crippen LogP contribution in [-0.2, 0) is 17.8 Å². The van der Waals surface area contributed by atoms with E-state index in [0.29, 0.717) is 36.6 Å². The van der Waals surface area contributed by atoms with Gasteiger partial charge in [0.05, 0.1) is 12.0 Å². The van der Waals surface area contributed by atoms with Crippen molar-refractivity contribution in [2.75, 3.05) is 13.2 Å². The first-order valence-corrected chi connectivity index (χ1v) is 9.25. The van der Waals surface area contributed by atoms with E-state index in [1.54, 1.807) is 18.2 Å². The molecule has 1 amide bonds. The third-order valence-corrected chi connectivity index (χ3v) is 5.07. The lowest BCUT2D eigenvalue weighted by Crippen LogP contribution is -2.38. The Morgan fingerprint density at radius 1 is 1.19 bits per heavy atom. The summed E-state index contributed by atoms with van der Waals surface area (Å²) in [6.45, 7) is 5.07. The van der Waals surface area contributed by atoms with Crippen LogP contribution in [0, 0.1) is 0 Å². The number of benzene rings is 2. The van der Waals surface area contributed by atoms with Crippen molar-refractivity contribution in [2.24, 2.45) is 0 Å². The molecule has 5 heteroatoms. The predicted octanol–water partition coefficient (Wildman–Crippen LogP) is 3.39. The monoisotopic (exact) mass is 365 g/mol. The molecule has 4 rings (SSSR count). The van der Waals surface area contributed by atoms with Crippen LogP contribution in [0.1, 0.15) is 41.8 Å². The van der Waals surface area contributed by atoms with Crippen molar-refractivity contribution >= 4 is 11.7 Å². The molecule has 0 atom stereocenters. The summed E-state index contributed by atoms with van der Waals surface area (Å²) >= 11 is 0. The van der Waals surface area contributed by atoms with E-state index in [1.807, 2.05) is 30.9 Å². The average Bonchev–Trinajstić information content (AvgIpc) is 2.65. The van der Waals surface area contributed by atoms with Gasteiger partial charge in [-0.2, -0.15) is 0 Å². The van der Waals surface area contributed by atoms with Crippen LogP contribution in [0.2, 0.25) is 0 Å². The number of rotatable bonds is 3. The SMILES string of the molecule is CC1(C)CC(=O)c2cc(OCC(=O)N3CCc4ccccc4C3)ccc2O1. The molecule has 0 saturated heterocycles. The van der Waals surface area contributed by atoms with Gasteiger partial charge in [0.2, 0.25) is 0 Å². The highest BCUT2D eigenvalue weighted by Gasteiger charge is 2.32. The summed E-state index contributed by atoms with van der Waals surface area (Å²) < 4.78 is 11.5. The van der Waals surface area contributed by atoms with Crippen molar-refractivity contribution in [1.82, 2.24) is 4.90 Å². The number of ether oxygens (including phenoxy) is 2. The fraction of sp³-hybridized carbons (Fsp3) is 0.364. The molecule has 0 spiro atoms. The van der Waals surface area contributed by atoms with Crippen LogP contribution in [0.4, 0.5) is 0 Å². The number of ketones is 1. The fourth-order valence-corrected chi connectivity index (χ4v) is 3.67. The first-order valence-electron chi connectivity index (χ1n) is 9.25. The summed E-state index contributed by atoms with van der Waals surface area (Å²) in [6, 6.07) is 13.4. The van der Waals surface area contributed by atoms with Crippen molar-refractivity contribution in [2.45, 2.75) is 38.8 Å². The van der Waals surface area contributed by atoms with E-state index in [0.717, 1.165) is 6.42 Å². The molecular formula is C22H23NO4. The summed E-state index contributed by atoms with van der Waals surface area (Å²) in [5, 5.41) is 0. The second-order valence-corrected chi connectivity index (χ2v) is 7.74. The van der Waals surface area contributed by atoms with Crippen LogP contribution < -0.4 is 9.47 Å². The van der Waals surface area contributed by atoms with Gasteiger partial charge in [-0.25, -0.2) is 0 Å². The molecule has 140 valence electrons. The molecule has 0 fully saturated rings. The zero-order valence-electron chi connectivity index (χ0n) is 15.7. The summed E-state index contributed by atoms with van der Waals surface area (Å²) in [5.41, 5.74) is 2.52. The second kappa shape index (κ2) is 6.72. The van der Waals surface area contributed by atoms with E-state index in [-0.39, 0.29) is 18.3 Å². The molecule has 2 heterocycles. The van der Waals surface area contributed by atoms with Crippen LogP contribution in [0.25, 0.3) is 0 Å². The Morgan fingerprint density at radius 2 is 1.96 bits per heavy atom. The summed E-state index contributed by atoms with van der Waals surface area (Å²) in [7, 11) is 0. The zero-order valence-corrected chi connectivity index (χ0v) is 15.7. The minimum Gasteiger partial charge on any atom is -0.487 e. The van der Waals surface area contributed by atoms with Crippen LogP contribution in [0.3, 0.4) is 0 Å². The number of hydrogen-bond acceptors (Lipinski definition) is 4. The highest BCUT2D eigenvalue weighted by molar-refractivity contribution is 6.00. The maximum Gasteiger partial charge on any atom is 0.260 e. The number of nitrogens with zero attached hydrogens (tertiary/aromatic N) is 1. The summed E-state index contributed by atoms with van der Waals surface area (Å²) in [5.74, 6) is 1.07. The lowest BCUT2D eigenvalue weighted by Gasteiger charge is -2.31. The fourth-order valence-electron chi connectivity index (χ4n) is 3.67. The molecule has 2 aromatic carbocycles. The highest BCUT2D eigenvalue weighted by atomic mass is 16.5. The summed E-state index contributed by atoms with van der Waals surface area (Å²) in [6.07, 6.45) is 1.19. The third kappa shape index (κ3) is 3.68. The largest absolute Gasteiger partial charge is 0.487 e. The minimum atomic E-state index is -0.493. The average molecular weight is 365 g/mol. The molecule has 0 saturated carbocycles. The molecule has 0 aliphatic carbocycles. The van der Waals surface area contributed by atoms with Gasteiger partial charge >= 0.3 is 0 Å². The lowest BCUT2D eigenvalue weighted by atomic mass is 9.93. The van der Waals surface area contributed by atoms with E-state index < -0.39 is 5.60 Å². The maximum absolute atomic E-state index is 12.5. The first-order chi connectivity index (χ1) is 12.9. The van der Waals surface area contributed by atoms with Crippen molar-refractivity contribution in [3.05, 3.63) is 59.2 Å². The van der Waals surface area contributed by atoms with E-state index in [1.165, 1.54) is 11.1 Å². The van der Waals surface area contributed by atoms with Gasteiger partial charge in [0.15, 0.2) is 12.4 Å². The van der Waals surface area contributed by atoms with Gasteiger partial charge in [-0.1, -0.05) is 24.3 Å². The molecule has 0 N–H and O–H groups in total. The Hall–Kier alpha value is -2.82. The lowest BCUT2D eigenvalue weighted by molar-refractivity contribution is -0.134. The van der Waals surface area contributed by atoms with Crippen LogP contribution in [0.5, 0.6) is 11.5 Å². The molecule has 0 unspecified atom stereocenters. The van der Waals surface area contributed by atoms with Gasteiger partial charge in [-0.15, -0.1) is 0 Å². The van der Waals surface area contributed by atoms with Gasteiger partial charge in [-0.3, -0.25) is 9.59 Å². The molecule has 5 nitrogen and oxygen atoms in total. The molecule has 2 aliphatic heterocycles. The normalized spacial score (nSPS) is 17.6. The van der Waals surface area contributed by atoms with Crippen LogP contribution in [0.15, 0.2) is 42.5 Å². The predicted molar refractivity (Wildman–Crippen MR) is 101 cm³/mol. The zero-order chi connectivity index (χ0) is 19.0. The molecule has 2 aromatic rings. The van der Waals surface area contributed by atoms with Gasteiger partial charge < -0.3 is 14.4 Å². The quantitative estimate of drug-likeness (QED) is 0.837. The topological polar surface area (TPSA) is 55.8 Å². The van der Waals surface area contributed by atoms with Crippen molar-refractivity contribution in [3.63, 3.8) is 0 Å². The van der Waals surface area contributed by atoms with E-state index in [4.69, 9.17) is 9.47 Å². The number of Topliss-reactive ketones (excluding diaryl/α,β-unsaturated/α-hetero) is 1. The third-order valence-electron chi connectivity index (χ3n) is 5.07. The molecule has 0 bridgehead atoms. The van der Waals surface area contributed by atoms with E-state index in [2.05, 4.69) is 12.1 Å². The highest BCUT2D eigenvalue weighted by Crippen LogP contribution is 2.35. The number of fused-ring (bicyclic) bond motifs is 2.